The first-order valence-corrected chi connectivity index (χ1v) is 11.4. The lowest BCUT2D eigenvalue weighted by Gasteiger charge is -2.23. The number of rotatable bonds is 13. The molecule has 6 heteroatoms. The normalized spacial score (nSPS) is 12.9. The highest BCUT2D eigenvalue weighted by Gasteiger charge is 2.09. The molecule has 0 aromatic heterocycles. The fourth-order valence-electron chi connectivity index (χ4n) is 3.27. The van der Waals surface area contributed by atoms with Crippen LogP contribution in [0.15, 0.2) is 29.3 Å². The van der Waals surface area contributed by atoms with Gasteiger partial charge in [-0.3, -0.25) is 4.90 Å². The van der Waals surface area contributed by atoms with Gasteiger partial charge in [0.15, 0.2) is 5.96 Å². The number of aliphatic imine (C=N–C) groups is 1. The van der Waals surface area contributed by atoms with Crippen LogP contribution in [0.4, 0.5) is 0 Å². The SMILES string of the molecule is CCNC(=NCc1ccccc1CN(C)C(C)C)NC(C)CCCN(CC)CC.I. The third-order valence-electron chi connectivity index (χ3n) is 5.56. The summed E-state index contributed by atoms with van der Waals surface area (Å²) in [5.74, 6) is 0.912. The molecule has 174 valence electrons. The minimum atomic E-state index is 0. The van der Waals surface area contributed by atoms with Crippen LogP contribution in [0.5, 0.6) is 0 Å². The predicted molar refractivity (Wildman–Crippen MR) is 143 cm³/mol. The summed E-state index contributed by atoms with van der Waals surface area (Å²) in [7, 11) is 2.18. The lowest BCUT2D eigenvalue weighted by molar-refractivity contribution is 0.265. The maximum absolute atomic E-state index is 4.88. The molecule has 0 amide bonds. The number of hydrogen-bond donors (Lipinski definition) is 2. The van der Waals surface area contributed by atoms with Gasteiger partial charge in [-0.05, 0) is 78.3 Å². The van der Waals surface area contributed by atoms with Gasteiger partial charge in [-0.2, -0.15) is 0 Å². The Balaban J connectivity index is 0.00000841. The quantitative estimate of drug-likeness (QED) is 0.220. The van der Waals surface area contributed by atoms with Gasteiger partial charge in [0.2, 0.25) is 0 Å². The molecular weight excluding hydrogens is 485 g/mol. The predicted octanol–water partition coefficient (Wildman–Crippen LogP) is 4.71. The molecule has 0 fully saturated rings. The Bertz CT molecular complexity index is 587. The van der Waals surface area contributed by atoms with Crippen LogP contribution in [0.2, 0.25) is 0 Å². The van der Waals surface area contributed by atoms with Crippen molar-refractivity contribution in [3.63, 3.8) is 0 Å². The van der Waals surface area contributed by atoms with Crippen molar-refractivity contribution >= 4 is 29.9 Å². The second-order valence-electron chi connectivity index (χ2n) is 8.19. The van der Waals surface area contributed by atoms with Crippen LogP contribution >= 0.6 is 24.0 Å². The van der Waals surface area contributed by atoms with Gasteiger partial charge in [-0.1, -0.05) is 38.1 Å². The third-order valence-corrected chi connectivity index (χ3v) is 5.56. The molecule has 2 N–H and O–H groups in total. The molecular formula is C24H46IN5. The first kappa shape index (κ1) is 29.1. The molecule has 0 heterocycles. The van der Waals surface area contributed by atoms with Crippen molar-refractivity contribution in [3.8, 4) is 0 Å². The number of nitrogens with zero attached hydrogens (tertiary/aromatic N) is 3. The minimum absolute atomic E-state index is 0. The first-order chi connectivity index (χ1) is 13.9. The minimum Gasteiger partial charge on any atom is -0.357 e. The standard InChI is InChI=1S/C24H45N5.HI/c1-8-25-24(27-21(6)14-13-17-29(9-2)10-3)26-18-22-15-11-12-16-23(22)19-28(7)20(4)5;/h11-12,15-16,20-21H,8-10,13-14,17-19H2,1-7H3,(H2,25,26,27);1H. The summed E-state index contributed by atoms with van der Waals surface area (Å²) in [6.07, 6.45) is 2.36. The molecule has 0 aliphatic carbocycles. The number of halogens is 1. The van der Waals surface area contributed by atoms with Crippen molar-refractivity contribution in [2.75, 3.05) is 33.2 Å². The maximum atomic E-state index is 4.88. The molecule has 0 spiro atoms. The second kappa shape index (κ2) is 16.8. The molecule has 0 saturated carbocycles. The maximum Gasteiger partial charge on any atom is 0.191 e. The Kier molecular flexibility index (Phi) is 16.3. The zero-order valence-corrected chi connectivity index (χ0v) is 22.7. The molecule has 1 atom stereocenters. The molecule has 0 aliphatic heterocycles. The van der Waals surface area contributed by atoms with Crippen molar-refractivity contribution < 1.29 is 0 Å². The monoisotopic (exact) mass is 531 g/mol. The van der Waals surface area contributed by atoms with Crippen molar-refractivity contribution in [1.82, 2.24) is 20.4 Å². The molecule has 1 unspecified atom stereocenters. The van der Waals surface area contributed by atoms with E-state index in [4.69, 9.17) is 4.99 Å². The average Bonchev–Trinajstić information content (AvgIpc) is 2.70. The van der Waals surface area contributed by atoms with Gasteiger partial charge in [0.1, 0.15) is 0 Å². The fraction of sp³-hybridized carbons (Fsp3) is 0.708. The highest BCUT2D eigenvalue weighted by Crippen LogP contribution is 2.13. The van der Waals surface area contributed by atoms with Crippen LogP contribution in [-0.2, 0) is 13.1 Å². The van der Waals surface area contributed by atoms with E-state index in [1.807, 2.05) is 0 Å². The Labute approximate surface area is 203 Å². The van der Waals surface area contributed by atoms with Crippen LogP contribution in [0, 0.1) is 0 Å². The number of guanidine groups is 1. The van der Waals surface area contributed by atoms with Crippen LogP contribution < -0.4 is 10.6 Å². The lowest BCUT2D eigenvalue weighted by Crippen LogP contribution is -2.42. The topological polar surface area (TPSA) is 42.9 Å². The van der Waals surface area contributed by atoms with Gasteiger partial charge < -0.3 is 15.5 Å². The van der Waals surface area contributed by atoms with E-state index in [0.29, 0.717) is 18.6 Å². The second-order valence-corrected chi connectivity index (χ2v) is 8.19. The Morgan fingerprint density at radius 1 is 1.03 bits per heavy atom. The van der Waals surface area contributed by atoms with Crippen LogP contribution in [0.1, 0.15) is 65.5 Å². The smallest absolute Gasteiger partial charge is 0.191 e. The molecule has 0 radical (unpaired) electrons. The molecule has 0 bridgehead atoms. The highest BCUT2D eigenvalue weighted by molar-refractivity contribution is 14.0. The first-order valence-electron chi connectivity index (χ1n) is 11.4. The zero-order valence-electron chi connectivity index (χ0n) is 20.4. The van der Waals surface area contributed by atoms with E-state index in [9.17, 15) is 0 Å². The Morgan fingerprint density at radius 2 is 1.67 bits per heavy atom. The third kappa shape index (κ3) is 11.5. The average molecular weight is 532 g/mol. The number of nitrogens with one attached hydrogen (secondary N) is 2. The molecule has 1 aromatic carbocycles. The van der Waals surface area contributed by atoms with Crippen LogP contribution in [0.25, 0.3) is 0 Å². The highest BCUT2D eigenvalue weighted by atomic mass is 127. The summed E-state index contributed by atoms with van der Waals surface area (Å²) < 4.78 is 0. The number of benzene rings is 1. The zero-order chi connectivity index (χ0) is 21.6. The van der Waals surface area contributed by atoms with Gasteiger partial charge in [0.05, 0.1) is 6.54 Å². The van der Waals surface area contributed by atoms with Gasteiger partial charge in [-0.15, -0.1) is 24.0 Å². The van der Waals surface area contributed by atoms with E-state index in [-0.39, 0.29) is 24.0 Å². The van der Waals surface area contributed by atoms with E-state index in [1.54, 1.807) is 0 Å². The summed E-state index contributed by atoms with van der Waals surface area (Å²) in [4.78, 5) is 9.73. The summed E-state index contributed by atoms with van der Waals surface area (Å²) in [6.45, 7) is 19.3. The van der Waals surface area contributed by atoms with E-state index in [2.05, 4.69) is 93.3 Å². The van der Waals surface area contributed by atoms with Gasteiger partial charge in [0.25, 0.3) is 0 Å². The summed E-state index contributed by atoms with van der Waals surface area (Å²) in [5.41, 5.74) is 2.65. The summed E-state index contributed by atoms with van der Waals surface area (Å²) in [5, 5.41) is 6.99. The van der Waals surface area contributed by atoms with E-state index >= 15 is 0 Å². The summed E-state index contributed by atoms with van der Waals surface area (Å²) in [6, 6.07) is 9.59. The van der Waals surface area contributed by atoms with Crippen molar-refractivity contribution in [1.29, 1.82) is 0 Å². The van der Waals surface area contributed by atoms with Gasteiger partial charge >= 0.3 is 0 Å². The molecule has 1 rings (SSSR count). The van der Waals surface area contributed by atoms with Crippen molar-refractivity contribution in [3.05, 3.63) is 35.4 Å². The van der Waals surface area contributed by atoms with Crippen LogP contribution in [-0.4, -0.2) is 61.1 Å². The molecule has 0 saturated heterocycles. The summed E-state index contributed by atoms with van der Waals surface area (Å²) >= 11 is 0. The largest absolute Gasteiger partial charge is 0.357 e. The number of hydrogen-bond acceptors (Lipinski definition) is 3. The Hall–Kier alpha value is -0.860. The van der Waals surface area contributed by atoms with E-state index < -0.39 is 0 Å². The molecule has 0 aliphatic rings. The lowest BCUT2D eigenvalue weighted by atomic mass is 10.1. The molecule has 5 nitrogen and oxygen atoms in total. The van der Waals surface area contributed by atoms with Gasteiger partial charge in [0, 0.05) is 25.2 Å². The molecule has 30 heavy (non-hydrogen) atoms. The van der Waals surface area contributed by atoms with Gasteiger partial charge in [-0.25, -0.2) is 4.99 Å². The van der Waals surface area contributed by atoms with Crippen LogP contribution in [0.3, 0.4) is 0 Å². The van der Waals surface area contributed by atoms with Crippen molar-refractivity contribution in [2.45, 2.75) is 79.6 Å². The van der Waals surface area contributed by atoms with E-state index in [0.717, 1.165) is 38.6 Å². The van der Waals surface area contributed by atoms with Crippen molar-refractivity contribution in [2.24, 2.45) is 4.99 Å². The Morgan fingerprint density at radius 3 is 2.23 bits per heavy atom. The van der Waals surface area contributed by atoms with E-state index in [1.165, 1.54) is 24.1 Å². The molecule has 1 aromatic rings. The fourth-order valence-corrected chi connectivity index (χ4v) is 3.27.